The number of likely N-dealkylation sites (N-methyl/N-ethyl adjacent to an activating group) is 1. The molecule has 0 aliphatic rings. The van der Waals surface area contributed by atoms with Gasteiger partial charge in [0.05, 0.1) is 46.0 Å². The maximum Gasteiger partial charge on any atom is 0.238 e. The molecule has 0 bridgehead atoms. The minimum Gasteiger partial charge on any atom is -0.493 e. The number of hydrogen-bond donors (Lipinski definition) is 1. The molecule has 1 N–H and O–H groups in total. The first-order valence-electron chi connectivity index (χ1n) is 8.95. The Morgan fingerprint density at radius 2 is 1.69 bits per heavy atom. The highest BCUT2D eigenvalue weighted by molar-refractivity contribution is 6.50. The van der Waals surface area contributed by atoms with Crippen molar-refractivity contribution in [2.24, 2.45) is 0 Å². The Morgan fingerprint density at radius 1 is 1.03 bits per heavy atom. The summed E-state index contributed by atoms with van der Waals surface area (Å²) in [6, 6.07) is 7.13. The van der Waals surface area contributed by atoms with E-state index in [1.54, 1.807) is 7.11 Å². The molecule has 0 fully saturated rings. The van der Waals surface area contributed by atoms with Gasteiger partial charge in [0.2, 0.25) is 5.91 Å². The number of anilines is 1. The van der Waals surface area contributed by atoms with Gasteiger partial charge >= 0.3 is 0 Å². The smallest absolute Gasteiger partial charge is 0.238 e. The van der Waals surface area contributed by atoms with Crippen LogP contribution in [0.25, 0.3) is 0 Å². The minimum absolute atomic E-state index is 0.128. The van der Waals surface area contributed by atoms with Crippen LogP contribution in [0.3, 0.4) is 0 Å². The number of methoxy groups -OCH3 is 1. The second-order valence-electron chi connectivity index (χ2n) is 6.11. The number of hydrogen-bond acceptors (Lipinski definition) is 4. The predicted molar refractivity (Wildman–Crippen MR) is 120 cm³/mol. The minimum atomic E-state index is -0.285. The van der Waals surface area contributed by atoms with Crippen LogP contribution in [-0.4, -0.2) is 37.6 Å². The van der Waals surface area contributed by atoms with Crippen LogP contribution in [0.4, 0.5) is 5.69 Å². The van der Waals surface area contributed by atoms with Crippen LogP contribution in [0, 0.1) is 0 Å². The average molecular weight is 480 g/mol. The van der Waals surface area contributed by atoms with E-state index >= 15 is 0 Å². The summed E-state index contributed by atoms with van der Waals surface area (Å²) in [5.41, 5.74) is 1.19. The van der Waals surface area contributed by atoms with Gasteiger partial charge in [-0.15, -0.1) is 0 Å². The number of amides is 1. The SMILES string of the molecule is CCOc1ccc(CN(CC)CC(=O)Nc2c(Cl)c(Cl)cc(Cl)c2Cl)cc1OC. The van der Waals surface area contributed by atoms with Crippen LogP contribution in [0.2, 0.25) is 20.1 Å². The number of halogens is 4. The summed E-state index contributed by atoms with van der Waals surface area (Å²) >= 11 is 24.4. The first-order valence-corrected chi connectivity index (χ1v) is 10.5. The molecule has 0 heterocycles. The van der Waals surface area contributed by atoms with Crippen LogP contribution in [0.1, 0.15) is 19.4 Å². The standard InChI is InChI=1S/C20H22Cl4N2O3/c1-4-26(10-12-6-7-15(29-5-2)16(8-12)28-3)11-17(27)25-20-18(23)13(21)9-14(22)19(20)24/h6-9H,4-5,10-11H2,1-3H3,(H,25,27). The lowest BCUT2D eigenvalue weighted by Crippen LogP contribution is -2.33. The van der Waals surface area contributed by atoms with Crippen molar-refractivity contribution >= 4 is 58.0 Å². The lowest BCUT2D eigenvalue weighted by atomic mass is 10.2. The number of carbonyl (C=O) groups excluding carboxylic acids is 1. The average Bonchev–Trinajstić information content (AvgIpc) is 2.70. The molecule has 0 saturated heterocycles. The van der Waals surface area contributed by atoms with Gasteiger partial charge in [-0.25, -0.2) is 0 Å². The van der Waals surface area contributed by atoms with Crippen molar-refractivity contribution in [2.75, 3.05) is 32.1 Å². The molecule has 1 amide bonds. The van der Waals surface area contributed by atoms with Gasteiger partial charge in [-0.3, -0.25) is 9.69 Å². The molecular weight excluding hydrogens is 458 g/mol. The second-order valence-corrected chi connectivity index (χ2v) is 7.68. The van der Waals surface area contributed by atoms with E-state index in [1.165, 1.54) is 6.07 Å². The third-order valence-corrected chi connectivity index (χ3v) is 5.70. The van der Waals surface area contributed by atoms with Crippen molar-refractivity contribution in [1.29, 1.82) is 0 Å². The van der Waals surface area contributed by atoms with Gasteiger partial charge in [0.1, 0.15) is 0 Å². The van der Waals surface area contributed by atoms with E-state index in [0.717, 1.165) is 5.56 Å². The van der Waals surface area contributed by atoms with Crippen molar-refractivity contribution in [1.82, 2.24) is 4.90 Å². The fourth-order valence-corrected chi connectivity index (χ4v) is 3.59. The molecule has 5 nitrogen and oxygen atoms in total. The third kappa shape index (κ3) is 6.30. The molecule has 29 heavy (non-hydrogen) atoms. The van der Waals surface area contributed by atoms with Crippen LogP contribution in [0.5, 0.6) is 11.5 Å². The monoisotopic (exact) mass is 478 g/mol. The van der Waals surface area contributed by atoms with Gasteiger partial charge in [-0.1, -0.05) is 59.4 Å². The predicted octanol–water partition coefficient (Wildman–Crippen LogP) is 6.17. The van der Waals surface area contributed by atoms with E-state index in [-0.39, 0.29) is 38.2 Å². The molecule has 2 rings (SSSR count). The van der Waals surface area contributed by atoms with E-state index in [1.807, 2.05) is 36.9 Å². The molecule has 0 unspecified atom stereocenters. The molecule has 0 radical (unpaired) electrons. The zero-order valence-electron chi connectivity index (χ0n) is 16.3. The van der Waals surface area contributed by atoms with E-state index in [9.17, 15) is 4.79 Å². The molecule has 0 atom stereocenters. The first-order chi connectivity index (χ1) is 13.8. The van der Waals surface area contributed by atoms with Crippen LogP contribution in [0.15, 0.2) is 24.3 Å². The summed E-state index contributed by atoms with van der Waals surface area (Å²) in [5, 5.41) is 3.42. The highest BCUT2D eigenvalue weighted by Gasteiger charge is 2.18. The maximum atomic E-state index is 12.6. The Kier molecular flexibility index (Phi) is 9.18. The molecule has 2 aromatic carbocycles. The molecule has 0 saturated carbocycles. The second kappa shape index (κ2) is 11.1. The number of ether oxygens (including phenoxy) is 2. The Balaban J connectivity index is 2.10. The third-order valence-electron chi connectivity index (χ3n) is 4.12. The topological polar surface area (TPSA) is 50.8 Å². The zero-order valence-corrected chi connectivity index (χ0v) is 19.3. The number of rotatable bonds is 9. The zero-order chi connectivity index (χ0) is 21.6. The Morgan fingerprint density at radius 3 is 2.24 bits per heavy atom. The molecule has 2 aromatic rings. The summed E-state index contributed by atoms with van der Waals surface area (Å²) in [4.78, 5) is 14.5. The summed E-state index contributed by atoms with van der Waals surface area (Å²) in [7, 11) is 1.59. The van der Waals surface area contributed by atoms with Gasteiger partial charge in [-0.05, 0) is 37.2 Å². The quantitative estimate of drug-likeness (QED) is 0.437. The lowest BCUT2D eigenvalue weighted by molar-refractivity contribution is -0.117. The number of benzene rings is 2. The summed E-state index contributed by atoms with van der Waals surface area (Å²) in [5.74, 6) is 1.05. The molecular formula is C20H22Cl4N2O3. The maximum absolute atomic E-state index is 12.6. The van der Waals surface area contributed by atoms with Crippen molar-refractivity contribution in [3.8, 4) is 11.5 Å². The Labute approximate surface area is 190 Å². The number of carbonyl (C=O) groups is 1. The largest absolute Gasteiger partial charge is 0.493 e. The van der Waals surface area contributed by atoms with Gasteiger partial charge in [0.15, 0.2) is 11.5 Å². The van der Waals surface area contributed by atoms with E-state index in [2.05, 4.69) is 5.32 Å². The van der Waals surface area contributed by atoms with E-state index in [4.69, 9.17) is 55.9 Å². The van der Waals surface area contributed by atoms with Gasteiger partial charge in [0, 0.05) is 6.54 Å². The number of nitrogens with one attached hydrogen (secondary N) is 1. The van der Waals surface area contributed by atoms with Gasteiger partial charge in [-0.2, -0.15) is 0 Å². The van der Waals surface area contributed by atoms with Crippen molar-refractivity contribution in [3.05, 3.63) is 49.9 Å². The normalized spacial score (nSPS) is 10.9. The van der Waals surface area contributed by atoms with E-state index in [0.29, 0.717) is 31.2 Å². The fraction of sp³-hybridized carbons (Fsp3) is 0.350. The highest BCUT2D eigenvalue weighted by atomic mass is 35.5. The molecule has 9 heteroatoms. The molecule has 0 aromatic heterocycles. The summed E-state index contributed by atoms with van der Waals surface area (Å²) in [6.07, 6.45) is 0. The first kappa shape index (κ1) is 23.9. The molecule has 0 aliphatic carbocycles. The highest BCUT2D eigenvalue weighted by Crippen LogP contribution is 2.41. The number of nitrogens with zero attached hydrogens (tertiary/aromatic N) is 1. The summed E-state index contributed by atoms with van der Waals surface area (Å²) < 4.78 is 10.9. The van der Waals surface area contributed by atoms with Crippen molar-refractivity contribution in [3.63, 3.8) is 0 Å². The van der Waals surface area contributed by atoms with E-state index < -0.39 is 0 Å². The molecule has 0 aliphatic heterocycles. The van der Waals surface area contributed by atoms with Gasteiger partial charge in [0.25, 0.3) is 0 Å². The molecule has 0 spiro atoms. The lowest BCUT2D eigenvalue weighted by Gasteiger charge is -2.21. The molecule has 158 valence electrons. The van der Waals surface area contributed by atoms with Crippen LogP contribution in [-0.2, 0) is 11.3 Å². The van der Waals surface area contributed by atoms with Gasteiger partial charge < -0.3 is 14.8 Å². The Bertz CT molecular complexity index is 851. The van der Waals surface area contributed by atoms with Crippen molar-refractivity contribution in [2.45, 2.75) is 20.4 Å². The van der Waals surface area contributed by atoms with Crippen LogP contribution >= 0.6 is 46.4 Å². The van der Waals surface area contributed by atoms with Crippen LogP contribution < -0.4 is 14.8 Å². The Hall–Kier alpha value is -1.37. The fourth-order valence-electron chi connectivity index (χ4n) is 2.69. The summed E-state index contributed by atoms with van der Waals surface area (Å²) in [6.45, 7) is 5.76. The van der Waals surface area contributed by atoms with Crippen molar-refractivity contribution < 1.29 is 14.3 Å².